The summed E-state index contributed by atoms with van der Waals surface area (Å²) >= 11 is 0. The molecule has 0 aliphatic heterocycles. The molecule has 1 rings (SSSR count). The molecule has 1 atom stereocenters. The lowest BCUT2D eigenvalue weighted by atomic mass is 10.1. The van der Waals surface area contributed by atoms with Crippen molar-refractivity contribution in [1.29, 1.82) is 0 Å². The molecule has 1 aromatic rings. The Bertz CT molecular complexity index is 373. The lowest BCUT2D eigenvalue weighted by Gasteiger charge is -2.10. The van der Waals surface area contributed by atoms with E-state index in [1.807, 2.05) is 6.92 Å². The third-order valence-electron chi connectivity index (χ3n) is 2.32. The molecule has 1 N–H and O–H groups in total. The van der Waals surface area contributed by atoms with E-state index in [2.05, 4.69) is 5.32 Å². The maximum atomic E-state index is 11.6. The van der Waals surface area contributed by atoms with Gasteiger partial charge in [0, 0.05) is 31.4 Å². The molecule has 1 aromatic carbocycles. The number of hydrogen-bond acceptors (Lipinski definition) is 3. The second-order valence-corrected chi connectivity index (χ2v) is 4.05. The van der Waals surface area contributed by atoms with E-state index in [-0.39, 0.29) is 11.8 Å². The first-order valence-electron chi connectivity index (χ1n) is 5.49. The fourth-order valence-corrected chi connectivity index (χ4v) is 1.52. The topological polar surface area (TPSA) is 55.4 Å². The highest BCUT2D eigenvalue weighted by molar-refractivity contribution is 5.91. The molecule has 0 aromatic heterocycles. The number of anilines is 1. The predicted molar refractivity (Wildman–Crippen MR) is 66.1 cm³/mol. The summed E-state index contributed by atoms with van der Waals surface area (Å²) in [6, 6.07) is 6.76. The minimum absolute atomic E-state index is 0.0478. The zero-order chi connectivity index (χ0) is 12.7. The third kappa shape index (κ3) is 4.78. The number of carbonyl (C=O) groups is 2. The third-order valence-corrected chi connectivity index (χ3v) is 2.32. The Labute approximate surface area is 101 Å². The fraction of sp³-hybridized carbons (Fsp3) is 0.385. The molecule has 1 unspecified atom stereocenters. The van der Waals surface area contributed by atoms with Crippen molar-refractivity contribution in [3.63, 3.8) is 0 Å². The van der Waals surface area contributed by atoms with Crippen LogP contribution >= 0.6 is 0 Å². The number of benzene rings is 1. The van der Waals surface area contributed by atoms with Crippen LogP contribution in [0.4, 0.5) is 5.69 Å². The van der Waals surface area contributed by atoms with E-state index in [0.29, 0.717) is 24.3 Å². The summed E-state index contributed by atoms with van der Waals surface area (Å²) in [5.74, 6) is 0.141. The number of amides is 1. The van der Waals surface area contributed by atoms with Crippen LogP contribution in [0.1, 0.15) is 23.7 Å². The number of hydrogen-bond donors (Lipinski definition) is 1. The average molecular weight is 235 g/mol. The van der Waals surface area contributed by atoms with Gasteiger partial charge in [-0.15, -0.1) is 0 Å². The molecule has 0 spiro atoms. The molecule has 4 nitrogen and oxygen atoms in total. The van der Waals surface area contributed by atoms with E-state index < -0.39 is 0 Å². The van der Waals surface area contributed by atoms with E-state index in [4.69, 9.17) is 4.74 Å². The van der Waals surface area contributed by atoms with Gasteiger partial charge in [0.1, 0.15) is 6.29 Å². The number of rotatable bonds is 6. The van der Waals surface area contributed by atoms with Gasteiger partial charge in [-0.1, -0.05) is 6.92 Å². The number of nitrogens with one attached hydrogen (secondary N) is 1. The summed E-state index contributed by atoms with van der Waals surface area (Å²) in [4.78, 5) is 22.1. The highest BCUT2D eigenvalue weighted by atomic mass is 16.5. The van der Waals surface area contributed by atoms with Crippen LogP contribution in [0.2, 0.25) is 0 Å². The van der Waals surface area contributed by atoms with Crippen molar-refractivity contribution < 1.29 is 14.3 Å². The van der Waals surface area contributed by atoms with E-state index in [1.54, 1.807) is 31.4 Å². The summed E-state index contributed by atoms with van der Waals surface area (Å²) in [5, 5.41) is 2.77. The van der Waals surface area contributed by atoms with Crippen molar-refractivity contribution in [1.82, 2.24) is 0 Å². The lowest BCUT2D eigenvalue weighted by molar-refractivity contribution is -0.117. The Morgan fingerprint density at radius 3 is 2.59 bits per heavy atom. The molecular formula is C13H17NO3. The van der Waals surface area contributed by atoms with Gasteiger partial charge in [-0.2, -0.15) is 0 Å². The first kappa shape index (κ1) is 13.4. The van der Waals surface area contributed by atoms with Gasteiger partial charge < -0.3 is 10.1 Å². The second kappa shape index (κ2) is 6.81. The van der Waals surface area contributed by atoms with Gasteiger partial charge in [-0.3, -0.25) is 9.59 Å². The Kier molecular flexibility index (Phi) is 5.36. The molecule has 0 aliphatic rings. The molecule has 0 heterocycles. The summed E-state index contributed by atoms with van der Waals surface area (Å²) < 4.78 is 4.97. The Hall–Kier alpha value is -1.68. The summed E-state index contributed by atoms with van der Waals surface area (Å²) in [6.07, 6.45) is 1.19. The molecular weight excluding hydrogens is 218 g/mol. The van der Waals surface area contributed by atoms with Gasteiger partial charge in [0.05, 0.1) is 0 Å². The zero-order valence-electron chi connectivity index (χ0n) is 10.1. The number of aldehydes is 1. The summed E-state index contributed by atoms with van der Waals surface area (Å²) in [5.41, 5.74) is 1.29. The Morgan fingerprint density at radius 1 is 1.41 bits per heavy atom. The second-order valence-electron chi connectivity index (χ2n) is 4.05. The molecule has 0 fully saturated rings. The molecule has 0 saturated carbocycles. The molecule has 17 heavy (non-hydrogen) atoms. The Morgan fingerprint density at radius 2 is 2.06 bits per heavy atom. The van der Waals surface area contributed by atoms with Crippen molar-refractivity contribution in [2.24, 2.45) is 5.92 Å². The number of carbonyl (C=O) groups excluding carboxylic acids is 2. The number of methoxy groups -OCH3 is 1. The van der Waals surface area contributed by atoms with Crippen molar-refractivity contribution in [3.05, 3.63) is 29.8 Å². The van der Waals surface area contributed by atoms with Crippen LogP contribution in [0.25, 0.3) is 0 Å². The summed E-state index contributed by atoms with van der Waals surface area (Å²) in [6.45, 7) is 2.52. The minimum Gasteiger partial charge on any atom is -0.384 e. The molecule has 0 aliphatic carbocycles. The van der Waals surface area contributed by atoms with E-state index >= 15 is 0 Å². The first-order chi connectivity index (χ1) is 8.15. The lowest BCUT2D eigenvalue weighted by Crippen LogP contribution is -2.17. The molecule has 0 bridgehead atoms. The average Bonchev–Trinajstić information content (AvgIpc) is 2.30. The Balaban J connectivity index is 2.47. The van der Waals surface area contributed by atoms with E-state index in [0.717, 1.165) is 6.29 Å². The van der Waals surface area contributed by atoms with Gasteiger partial charge in [-0.05, 0) is 30.2 Å². The molecule has 0 saturated heterocycles. The highest BCUT2D eigenvalue weighted by Crippen LogP contribution is 2.10. The van der Waals surface area contributed by atoms with Gasteiger partial charge in [0.25, 0.3) is 0 Å². The van der Waals surface area contributed by atoms with Crippen molar-refractivity contribution in [2.45, 2.75) is 13.3 Å². The monoisotopic (exact) mass is 235 g/mol. The van der Waals surface area contributed by atoms with Crippen molar-refractivity contribution in [2.75, 3.05) is 19.0 Å². The first-order valence-corrected chi connectivity index (χ1v) is 5.49. The number of ether oxygens (including phenoxy) is 1. The van der Waals surface area contributed by atoms with E-state index in [9.17, 15) is 9.59 Å². The normalized spacial score (nSPS) is 11.9. The smallest absolute Gasteiger partial charge is 0.224 e. The quantitative estimate of drug-likeness (QED) is 0.768. The van der Waals surface area contributed by atoms with Crippen LogP contribution in [0.3, 0.4) is 0 Å². The molecule has 0 radical (unpaired) electrons. The minimum atomic E-state index is -0.0478. The maximum Gasteiger partial charge on any atom is 0.224 e. The van der Waals surface area contributed by atoms with Crippen LogP contribution in [0.15, 0.2) is 24.3 Å². The standard InChI is InChI=1S/C13H17NO3/c1-10(9-17-2)7-13(16)14-12-5-3-11(8-15)4-6-12/h3-6,8,10H,7,9H2,1-2H3,(H,14,16). The van der Waals surface area contributed by atoms with Gasteiger partial charge in [0.15, 0.2) is 0 Å². The SMILES string of the molecule is COCC(C)CC(=O)Nc1ccc(C=O)cc1. The maximum absolute atomic E-state index is 11.6. The fourth-order valence-electron chi connectivity index (χ4n) is 1.52. The molecule has 4 heteroatoms. The van der Waals surface area contributed by atoms with Crippen LogP contribution in [-0.4, -0.2) is 25.9 Å². The van der Waals surface area contributed by atoms with Crippen LogP contribution in [0.5, 0.6) is 0 Å². The van der Waals surface area contributed by atoms with Crippen LogP contribution < -0.4 is 5.32 Å². The molecule has 1 amide bonds. The van der Waals surface area contributed by atoms with Crippen LogP contribution in [0, 0.1) is 5.92 Å². The predicted octanol–water partition coefficient (Wildman–Crippen LogP) is 2.11. The van der Waals surface area contributed by atoms with Crippen molar-refractivity contribution >= 4 is 17.9 Å². The molecule has 92 valence electrons. The largest absolute Gasteiger partial charge is 0.384 e. The van der Waals surface area contributed by atoms with Gasteiger partial charge in [-0.25, -0.2) is 0 Å². The van der Waals surface area contributed by atoms with Crippen molar-refractivity contribution in [3.8, 4) is 0 Å². The summed E-state index contributed by atoms with van der Waals surface area (Å²) in [7, 11) is 1.62. The zero-order valence-corrected chi connectivity index (χ0v) is 10.1. The van der Waals surface area contributed by atoms with Gasteiger partial charge in [0.2, 0.25) is 5.91 Å². The highest BCUT2D eigenvalue weighted by Gasteiger charge is 2.08. The van der Waals surface area contributed by atoms with E-state index in [1.165, 1.54) is 0 Å². The van der Waals surface area contributed by atoms with Gasteiger partial charge >= 0.3 is 0 Å². The van der Waals surface area contributed by atoms with Crippen LogP contribution in [-0.2, 0) is 9.53 Å².